The first-order chi connectivity index (χ1) is 19.7. The van der Waals surface area contributed by atoms with Crippen molar-refractivity contribution in [1.82, 2.24) is 34.7 Å². The fraction of sp³-hybridized carbons (Fsp3) is 0.312. The first-order valence-corrected chi connectivity index (χ1v) is 13.9. The molecule has 0 fully saturated rings. The maximum absolute atomic E-state index is 14.1. The molecule has 0 radical (unpaired) electrons. The Labute approximate surface area is 239 Å². The van der Waals surface area contributed by atoms with Crippen LogP contribution >= 0.6 is 0 Å². The summed E-state index contributed by atoms with van der Waals surface area (Å²) in [6, 6.07) is 17.5. The van der Waals surface area contributed by atoms with Crippen LogP contribution in [0.15, 0.2) is 71.8 Å². The molecule has 1 N–H and O–H groups in total. The monoisotopic (exact) mass is 549 g/mol. The van der Waals surface area contributed by atoms with Gasteiger partial charge in [0.15, 0.2) is 11.6 Å². The van der Waals surface area contributed by atoms with Crippen molar-refractivity contribution >= 4 is 5.78 Å². The highest BCUT2D eigenvalue weighted by molar-refractivity contribution is 5.98. The van der Waals surface area contributed by atoms with Crippen LogP contribution in [0.4, 0.5) is 0 Å². The minimum absolute atomic E-state index is 0.0635. The Morgan fingerprint density at radius 2 is 1.80 bits per heavy atom. The number of nitrogens with one attached hydrogen (secondary N) is 1. The molecular weight excluding hydrogens is 514 g/mol. The largest absolute Gasteiger partial charge is 0.333 e. The summed E-state index contributed by atoms with van der Waals surface area (Å²) < 4.78 is 3.52. The van der Waals surface area contributed by atoms with Crippen LogP contribution in [0, 0.1) is 0 Å². The van der Waals surface area contributed by atoms with Crippen LogP contribution in [0.5, 0.6) is 0 Å². The summed E-state index contributed by atoms with van der Waals surface area (Å²) in [5, 5.41) is 14.2. The van der Waals surface area contributed by atoms with Crippen LogP contribution in [0.3, 0.4) is 0 Å². The molecule has 3 aromatic heterocycles. The van der Waals surface area contributed by atoms with Gasteiger partial charge in [0, 0.05) is 34.8 Å². The molecule has 0 aliphatic heterocycles. The maximum atomic E-state index is 14.1. The summed E-state index contributed by atoms with van der Waals surface area (Å²) in [5.74, 6) is 0.484. The number of aryl methyl sites for hydroxylation is 1. The predicted molar refractivity (Wildman–Crippen MR) is 159 cm³/mol. The molecule has 0 atom stereocenters. The summed E-state index contributed by atoms with van der Waals surface area (Å²) in [4.78, 5) is 31.3. The second-order valence-corrected chi connectivity index (χ2v) is 11.3. The minimum atomic E-state index is -0.256. The highest BCUT2D eigenvalue weighted by Gasteiger charge is 2.25. The molecule has 0 unspecified atom stereocenters. The van der Waals surface area contributed by atoms with Crippen molar-refractivity contribution in [2.45, 2.75) is 65.8 Å². The van der Waals surface area contributed by atoms with Crippen LogP contribution in [-0.4, -0.2) is 40.5 Å². The number of hydrogen-bond acceptors (Lipinski definition) is 6. The molecule has 5 aromatic rings. The second-order valence-electron chi connectivity index (χ2n) is 11.3. The van der Waals surface area contributed by atoms with E-state index >= 15 is 0 Å². The lowest BCUT2D eigenvalue weighted by molar-refractivity contribution is 0.101. The number of unbranched alkanes of at least 4 members (excludes halogenated alkanes) is 1. The van der Waals surface area contributed by atoms with E-state index in [1.54, 1.807) is 17.7 Å². The number of tetrazole rings is 1. The van der Waals surface area contributed by atoms with E-state index in [0.717, 1.165) is 52.9 Å². The molecular formula is C32H35N7O2. The van der Waals surface area contributed by atoms with Crippen molar-refractivity contribution in [3.05, 3.63) is 99.9 Å². The van der Waals surface area contributed by atoms with Gasteiger partial charge in [0.2, 0.25) is 0 Å². The summed E-state index contributed by atoms with van der Waals surface area (Å²) in [6.45, 7) is 10.4. The average Bonchev–Trinajstić information content (AvgIpc) is 3.60. The highest BCUT2D eigenvalue weighted by Crippen LogP contribution is 2.31. The minimum Gasteiger partial charge on any atom is -0.294 e. The number of carbonyl (C=O) groups excluding carboxylic acids is 1. The summed E-state index contributed by atoms with van der Waals surface area (Å²) in [5.41, 5.74) is 6.21. The van der Waals surface area contributed by atoms with Gasteiger partial charge in [-0.15, -0.1) is 5.10 Å². The van der Waals surface area contributed by atoms with Gasteiger partial charge in [-0.05, 0) is 64.9 Å². The highest BCUT2D eigenvalue weighted by atomic mass is 16.2. The molecule has 0 saturated carbocycles. The third kappa shape index (κ3) is 5.66. The lowest BCUT2D eigenvalue weighted by Crippen LogP contribution is -2.28. The summed E-state index contributed by atoms with van der Waals surface area (Å²) >= 11 is 0. The number of para-hydroxylation sites is 1. The van der Waals surface area contributed by atoms with Crippen molar-refractivity contribution in [2.24, 2.45) is 0 Å². The van der Waals surface area contributed by atoms with Crippen LogP contribution in [0.25, 0.3) is 28.3 Å². The van der Waals surface area contributed by atoms with Gasteiger partial charge in [0.25, 0.3) is 0 Å². The van der Waals surface area contributed by atoms with Gasteiger partial charge in [-0.1, -0.05) is 70.5 Å². The van der Waals surface area contributed by atoms with Crippen molar-refractivity contribution in [2.75, 3.05) is 0 Å². The van der Waals surface area contributed by atoms with Crippen molar-refractivity contribution in [1.29, 1.82) is 0 Å². The Balaban J connectivity index is 1.56. The first kappa shape index (κ1) is 27.9. The number of imidazole rings is 1. The normalized spacial score (nSPS) is 11.6. The Morgan fingerprint density at radius 3 is 2.46 bits per heavy atom. The molecule has 210 valence electrons. The summed E-state index contributed by atoms with van der Waals surface area (Å²) in [6.07, 6.45) is 6.41. The fourth-order valence-corrected chi connectivity index (χ4v) is 5.16. The molecule has 9 nitrogen and oxygen atoms in total. The van der Waals surface area contributed by atoms with Crippen LogP contribution in [0.2, 0.25) is 0 Å². The van der Waals surface area contributed by atoms with E-state index < -0.39 is 0 Å². The molecule has 0 bridgehead atoms. The zero-order chi connectivity index (χ0) is 29.1. The standard InChI is InChI=1S/C32H35N7O2/c1-6-7-10-24-20-39(29-25(21(2)40)11-8-13-27(29)32(3,4)5)31(41)38(24)19-22-14-16-23(17-15-22)28-26(12-9-18-33-28)30-34-36-37-35-30/h8-9,11-18,20H,6-7,10,19H2,1-5H3,(H,34,35,36,37). The van der Waals surface area contributed by atoms with E-state index in [1.807, 2.05) is 65.4 Å². The SMILES string of the molecule is CCCCc1cn(-c2c(C(C)=O)cccc2C(C)(C)C)c(=O)n1Cc1ccc(-c2ncccc2-c2nnn[nH]2)cc1. The molecule has 0 aliphatic carbocycles. The quantitative estimate of drug-likeness (QED) is 0.234. The zero-order valence-electron chi connectivity index (χ0n) is 24.2. The van der Waals surface area contributed by atoms with Gasteiger partial charge in [0.05, 0.1) is 17.9 Å². The Hall–Kier alpha value is -4.66. The maximum Gasteiger partial charge on any atom is 0.333 e. The van der Waals surface area contributed by atoms with Gasteiger partial charge in [-0.3, -0.25) is 18.9 Å². The molecule has 0 aliphatic rings. The number of aromatic nitrogens is 7. The van der Waals surface area contributed by atoms with Gasteiger partial charge < -0.3 is 0 Å². The third-order valence-electron chi connectivity index (χ3n) is 7.29. The van der Waals surface area contributed by atoms with E-state index in [4.69, 9.17) is 0 Å². The molecule has 3 heterocycles. The number of carbonyl (C=O) groups is 1. The van der Waals surface area contributed by atoms with Gasteiger partial charge in [0.1, 0.15) is 0 Å². The number of Topliss-reactive ketones (excluding diaryl/α,β-unsaturated/α-hetero) is 1. The molecule has 0 spiro atoms. The van der Waals surface area contributed by atoms with Crippen molar-refractivity contribution in [3.8, 4) is 28.3 Å². The smallest absolute Gasteiger partial charge is 0.294 e. The average molecular weight is 550 g/mol. The number of hydrogen-bond donors (Lipinski definition) is 1. The van der Waals surface area contributed by atoms with E-state index in [2.05, 4.69) is 53.3 Å². The number of ketones is 1. The lowest BCUT2D eigenvalue weighted by atomic mass is 9.84. The van der Waals surface area contributed by atoms with Crippen LogP contribution in [-0.2, 0) is 18.4 Å². The number of nitrogens with zero attached hydrogens (tertiary/aromatic N) is 6. The Kier molecular flexibility index (Phi) is 7.79. The number of rotatable bonds is 9. The van der Waals surface area contributed by atoms with Crippen LogP contribution < -0.4 is 5.69 Å². The molecule has 9 heteroatoms. The van der Waals surface area contributed by atoms with Crippen molar-refractivity contribution < 1.29 is 4.79 Å². The van der Waals surface area contributed by atoms with E-state index in [-0.39, 0.29) is 16.9 Å². The molecule has 0 amide bonds. The molecule has 2 aromatic carbocycles. The fourth-order valence-electron chi connectivity index (χ4n) is 5.16. The van der Waals surface area contributed by atoms with E-state index in [9.17, 15) is 9.59 Å². The Bertz CT molecular complexity index is 1720. The number of H-pyrrole nitrogens is 1. The van der Waals surface area contributed by atoms with E-state index in [0.29, 0.717) is 23.6 Å². The number of benzene rings is 2. The number of pyridine rings is 1. The Morgan fingerprint density at radius 1 is 1.02 bits per heavy atom. The number of aromatic amines is 1. The topological polar surface area (TPSA) is 111 Å². The van der Waals surface area contributed by atoms with Gasteiger partial charge >= 0.3 is 5.69 Å². The molecule has 5 rings (SSSR count). The van der Waals surface area contributed by atoms with E-state index in [1.165, 1.54) is 0 Å². The second kappa shape index (κ2) is 11.4. The zero-order valence-corrected chi connectivity index (χ0v) is 24.2. The molecule has 41 heavy (non-hydrogen) atoms. The van der Waals surface area contributed by atoms with Crippen molar-refractivity contribution in [3.63, 3.8) is 0 Å². The first-order valence-electron chi connectivity index (χ1n) is 13.9. The summed E-state index contributed by atoms with van der Waals surface area (Å²) in [7, 11) is 0. The lowest BCUT2D eigenvalue weighted by Gasteiger charge is -2.24. The predicted octanol–water partition coefficient (Wildman–Crippen LogP) is 5.77. The molecule has 0 saturated heterocycles. The third-order valence-corrected chi connectivity index (χ3v) is 7.29. The van der Waals surface area contributed by atoms with Gasteiger partial charge in [-0.25, -0.2) is 9.89 Å². The van der Waals surface area contributed by atoms with Gasteiger partial charge in [-0.2, -0.15) is 0 Å². The van der Waals surface area contributed by atoms with Crippen LogP contribution in [0.1, 0.15) is 74.6 Å².